The van der Waals surface area contributed by atoms with Crippen LogP contribution in [0, 0.1) is 23.2 Å². The molecule has 8 N–H and O–H groups in total. The van der Waals surface area contributed by atoms with Gasteiger partial charge in [0.15, 0.2) is 0 Å². The topological polar surface area (TPSA) is 181 Å². The lowest BCUT2D eigenvalue weighted by Gasteiger charge is -2.20. The SMILES string of the molecule is C=N/C=C\C(=NCNC(C=CN)=NC)c1ccn(C(=N)CCC(=N)N(N)c2ccc(C)cc2)c(=N)c1. The van der Waals surface area contributed by atoms with Gasteiger partial charge in [-0.25, -0.2) is 5.84 Å². The van der Waals surface area contributed by atoms with Crippen molar-refractivity contribution in [1.82, 2.24) is 9.88 Å². The Morgan fingerprint density at radius 2 is 1.89 bits per heavy atom. The molecule has 2 aromatic rings. The van der Waals surface area contributed by atoms with Crippen LogP contribution in [0.25, 0.3) is 0 Å². The molecule has 0 atom stereocenters. The number of amidine groups is 2. The molecule has 0 saturated heterocycles. The van der Waals surface area contributed by atoms with E-state index in [-0.39, 0.29) is 36.7 Å². The predicted molar refractivity (Wildman–Crippen MR) is 148 cm³/mol. The monoisotopic (exact) mass is 487 g/mol. The summed E-state index contributed by atoms with van der Waals surface area (Å²) in [5.41, 5.74) is 8.57. The van der Waals surface area contributed by atoms with Gasteiger partial charge in [0.05, 0.1) is 11.4 Å². The van der Waals surface area contributed by atoms with Crippen molar-refractivity contribution in [2.45, 2.75) is 19.8 Å². The number of hydrogen-bond acceptors (Lipinski definition) is 8. The Balaban J connectivity index is 2.11. The van der Waals surface area contributed by atoms with Crippen LogP contribution in [0.4, 0.5) is 5.69 Å². The quantitative estimate of drug-likeness (QED) is 0.130. The van der Waals surface area contributed by atoms with Crippen molar-refractivity contribution in [3.63, 3.8) is 0 Å². The summed E-state index contributed by atoms with van der Waals surface area (Å²) in [5, 5.41) is 29.5. The standard InChI is InChI=1S/C25H33N11/c1-18-4-6-20(7-5-18)36(30)23(28)9-8-22(27)35-15-12-19(16-24(35)29)21(11-14-31-2)33-17-34-25(32-3)10-13-26/h4-7,10-16,27-29H,2,8-9,17,26,30H2,1,3H3,(H,32,34)/b13-10?,14-11-,27-22?,28-23?,29-24?,33-21?. The van der Waals surface area contributed by atoms with Crippen LogP contribution in [-0.4, -0.2) is 48.2 Å². The zero-order chi connectivity index (χ0) is 26.5. The summed E-state index contributed by atoms with van der Waals surface area (Å²) in [6.07, 6.45) is 8.34. The molecule has 0 unspecified atom stereocenters. The van der Waals surface area contributed by atoms with E-state index in [9.17, 15) is 0 Å². The second-order valence-electron chi connectivity index (χ2n) is 7.61. The molecule has 2 rings (SSSR count). The van der Waals surface area contributed by atoms with Gasteiger partial charge in [-0.3, -0.25) is 40.8 Å². The lowest BCUT2D eigenvalue weighted by Crippen LogP contribution is -2.37. The second-order valence-corrected chi connectivity index (χ2v) is 7.61. The van der Waals surface area contributed by atoms with Gasteiger partial charge in [0.25, 0.3) is 0 Å². The lowest BCUT2D eigenvalue weighted by molar-refractivity contribution is 0.903. The first-order chi connectivity index (χ1) is 17.3. The molecule has 11 heteroatoms. The molecular formula is C25H33N11. The number of nitrogens with zero attached hydrogens (tertiary/aromatic N) is 5. The van der Waals surface area contributed by atoms with Crippen molar-refractivity contribution in [2.75, 3.05) is 18.7 Å². The fourth-order valence-corrected chi connectivity index (χ4v) is 3.11. The molecule has 0 spiro atoms. The van der Waals surface area contributed by atoms with E-state index < -0.39 is 0 Å². The van der Waals surface area contributed by atoms with Crippen molar-refractivity contribution in [3.05, 3.63) is 83.8 Å². The number of nitrogens with one attached hydrogen (secondary N) is 4. The molecule has 0 aliphatic rings. The number of pyridine rings is 1. The fraction of sp³-hybridized carbons (Fsp3) is 0.200. The Kier molecular flexibility index (Phi) is 10.7. The zero-order valence-corrected chi connectivity index (χ0v) is 20.6. The summed E-state index contributed by atoms with van der Waals surface area (Å²) in [6, 6.07) is 10.9. The maximum atomic E-state index is 8.43. The van der Waals surface area contributed by atoms with Crippen molar-refractivity contribution in [3.8, 4) is 0 Å². The van der Waals surface area contributed by atoms with Gasteiger partial charge in [-0.2, -0.15) is 0 Å². The molecule has 0 radical (unpaired) electrons. The van der Waals surface area contributed by atoms with Gasteiger partial charge in [0.2, 0.25) is 0 Å². The first-order valence-corrected chi connectivity index (χ1v) is 11.1. The van der Waals surface area contributed by atoms with Crippen LogP contribution in [0.2, 0.25) is 0 Å². The number of aryl methyl sites for hydroxylation is 1. The summed E-state index contributed by atoms with van der Waals surface area (Å²) in [6.45, 7) is 5.66. The van der Waals surface area contributed by atoms with Crippen LogP contribution in [0.15, 0.2) is 82.1 Å². The first kappa shape index (κ1) is 27.6. The van der Waals surface area contributed by atoms with Crippen LogP contribution in [0.5, 0.6) is 0 Å². The molecule has 0 saturated carbocycles. The maximum absolute atomic E-state index is 8.43. The van der Waals surface area contributed by atoms with E-state index in [0.717, 1.165) is 5.56 Å². The third-order valence-electron chi connectivity index (χ3n) is 5.09. The van der Waals surface area contributed by atoms with Crippen LogP contribution < -0.4 is 27.4 Å². The maximum Gasteiger partial charge on any atom is 0.130 e. The van der Waals surface area contributed by atoms with Gasteiger partial charge in [0, 0.05) is 37.8 Å². The highest BCUT2D eigenvalue weighted by Crippen LogP contribution is 2.13. The Morgan fingerprint density at radius 1 is 1.17 bits per heavy atom. The summed E-state index contributed by atoms with van der Waals surface area (Å²) in [5.74, 6) is 6.99. The van der Waals surface area contributed by atoms with E-state index in [0.29, 0.717) is 22.8 Å². The molecule has 188 valence electrons. The molecule has 1 aromatic heterocycles. The minimum Gasteiger partial charge on any atom is -0.404 e. The third-order valence-corrected chi connectivity index (χ3v) is 5.09. The first-order valence-electron chi connectivity index (χ1n) is 11.1. The normalized spacial score (nSPS) is 12.2. The number of nitrogens with two attached hydrogens (primary N) is 2. The Bertz CT molecular complexity index is 1250. The summed E-state index contributed by atoms with van der Waals surface area (Å²) < 4.78 is 1.45. The Hall–Kier alpha value is -4.64. The van der Waals surface area contributed by atoms with Crippen LogP contribution in [0.3, 0.4) is 0 Å². The van der Waals surface area contributed by atoms with Crippen molar-refractivity contribution in [2.24, 2.45) is 26.6 Å². The Labute approximate surface area is 210 Å². The number of hydrogen-bond donors (Lipinski definition) is 6. The molecule has 0 amide bonds. The van der Waals surface area contributed by atoms with E-state index in [1.165, 1.54) is 22.0 Å². The van der Waals surface area contributed by atoms with E-state index in [1.54, 1.807) is 37.5 Å². The summed E-state index contributed by atoms with van der Waals surface area (Å²) in [7, 11) is 1.64. The molecule has 11 nitrogen and oxygen atoms in total. The number of aromatic nitrogens is 1. The minimum absolute atomic E-state index is 0.106. The molecule has 1 heterocycles. The van der Waals surface area contributed by atoms with E-state index >= 15 is 0 Å². The largest absolute Gasteiger partial charge is 0.404 e. The molecule has 0 fully saturated rings. The minimum atomic E-state index is 0.106. The van der Waals surface area contributed by atoms with Gasteiger partial charge in [0.1, 0.15) is 29.7 Å². The number of benzene rings is 1. The Morgan fingerprint density at radius 3 is 2.50 bits per heavy atom. The number of aliphatic imine (C=N–C) groups is 3. The highest BCUT2D eigenvalue weighted by molar-refractivity contribution is 6.08. The van der Waals surface area contributed by atoms with Gasteiger partial charge in [-0.15, -0.1) is 0 Å². The lowest BCUT2D eigenvalue weighted by atomic mass is 10.1. The average molecular weight is 488 g/mol. The molecule has 0 aliphatic carbocycles. The van der Waals surface area contributed by atoms with Gasteiger partial charge in [-0.05, 0) is 56.3 Å². The molecule has 1 aromatic carbocycles. The second kappa shape index (κ2) is 13.9. The van der Waals surface area contributed by atoms with Crippen LogP contribution in [0.1, 0.15) is 24.0 Å². The summed E-state index contributed by atoms with van der Waals surface area (Å²) >= 11 is 0. The van der Waals surface area contributed by atoms with Crippen LogP contribution in [-0.2, 0) is 0 Å². The van der Waals surface area contributed by atoms with Crippen molar-refractivity contribution < 1.29 is 0 Å². The molecule has 0 bridgehead atoms. The van der Waals surface area contributed by atoms with Gasteiger partial charge in [-0.1, -0.05) is 17.7 Å². The highest BCUT2D eigenvalue weighted by atomic mass is 15.4. The van der Waals surface area contributed by atoms with Crippen molar-refractivity contribution >= 4 is 35.6 Å². The molecular weight excluding hydrogens is 454 g/mol. The average Bonchev–Trinajstić information content (AvgIpc) is 2.88. The summed E-state index contributed by atoms with van der Waals surface area (Å²) in [4.78, 5) is 12.3. The van der Waals surface area contributed by atoms with Crippen LogP contribution >= 0.6 is 0 Å². The molecule has 36 heavy (non-hydrogen) atoms. The highest BCUT2D eigenvalue weighted by Gasteiger charge is 2.11. The number of anilines is 1. The van der Waals surface area contributed by atoms with E-state index in [4.69, 9.17) is 27.8 Å². The number of rotatable bonds is 10. The van der Waals surface area contributed by atoms with E-state index in [1.807, 2.05) is 31.2 Å². The third kappa shape index (κ3) is 7.99. The molecule has 0 aliphatic heterocycles. The van der Waals surface area contributed by atoms with E-state index in [2.05, 4.69) is 27.0 Å². The zero-order valence-electron chi connectivity index (χ0n) is 20.6. The predicted octanol–water partition coefficient (Wildman–Crippen LogP) is 2.29. The fourth-order valence-electron chi connectivity index (χ4n) is 3.11. The number of allylic oxidation sites excluding steroid dienone is 1. The smallest absolute Gasteiger partial charge is 0.130 e. The van der Waals surface area contributed by atoms with Crippen molar-refractivity contribution in [1.29, 1.82) is 16.2 Å². The number of hydrazine groups is 1. The van der Waals surface area contributed by atoms with Gasteiger partial charge < -0.3 is 11.1 Å². The van der Waals surface area contributed by atoms with Gasteiger partial charge >= 0.3 is 0 Å².